The molecule has 4 nitrogen and oxygen atoms in total. The molecule has 3 aromatic rings. The molecule has 2 heterocycles. The van der Waals surface area contributed by atoms with Crippen LogP contribution in [0.15, 0.2) is 78.9 Å². The van der Waals surface area contributed by atoms with Crippen molar-refractivity contribution in [3.8, 4) is 0 Å². The fourth-order valence-corrected chi connectivity index (χ4v) is 4.19. The molecule has 0 bridgehead atoms. The topological polar surface area (TPSA) is 35.6 Å². The zero-order chi connectivity index (χ0) is 18.4. The van der Waals surface area contributed by atoms with E-state index in [0.29, 0.717) is 17.2 Å². The first-order valence-electron chi connectivity index (χ1n) is 8.87. The lowest BCUT2D eigenvalue weighted by molar-refractivity contribution is 0.0645. The number of carbonyl (C=O) groups is 1. The Morgan fingerprint density at radius 2 is 1.59 bits per heavy atom. The lowest BCUT2D eigenvalue weighted by atomic mass is 9.98. The third kappa shape index (κ3) is 2.51. The van der Waals surface area contributed by atoms with Gasteiger partial charge in [0.05, 0.1) is 11.3 Å². The number of amides is 1. The Hall–Kier alpha value is -3.18. The van der Waals surface area contributed by atoms with Gasteiger partial charge in [-0.15, -0.1) is 0 Å². The number of hydrogen-bond donors (Lipinski definition) is 1. The molecule has 0 aromatic heterocycles. The van der Waals surface area contributed by atoms with Crippen LogP contribution in [0.2, 0.25) is 0 Å². The van der Waals surface area contributed by atoms with Gasteiger partial charge in [0, 0.05) is 17.8 Å². The Kier molecular flexibility index (Phi) is 3.69. The van der Waals surface area contributed by atoms with Crippen molar-refractivity contribution in [2.24, 2.45) is 0 Å². The third-order valence-electron chi connectivity index (χ3n) is 5.09. The molecule has 2 aliphatic heterocycles. The van der Waals surface area contributed by atoms with E-state index >= 15 is 0 Å². The summed E-state index contributed by atoms with van der Waals surface area (Å²) in [4.78, 5) is 17.4. The standard InChI is InChI=1S/C22H17N3OS/c26-21-17-11-5-7-13-19(17)25-20(24(21)14-15-8-2-1-3-9-15)16-10-4-6-12-18(16)23-22(25)27/h1-13,20H,14H2,(H,23,27). The Bertz CT molecular complexity index is 1050. The van der Waals surface area contributed by atoms with Gasteiger partial charge in [0.1, 0.15) is 6.17 Å². The van der Waals surface area contributed by atoms with E-state index in [0.717, 1.165) is 22.5 Å². The Morgan fingerprint density at radius 1 is 0.889 bits per heavy atom. The summed E-state index contributed by atoms with van der Waals surface area (Å²) in [5.41, 5.74) is 4.61. The minimum absolute atomic E-state index is 0.0233. The molecule has 1 N–H and O–H groups in total. The molecule has 0 aliphatic carbocycles. The number of hydrogen-bond acceptors (Lipinski definition) is 2. The molecule has 1 unspecified atom stereocenters. The first-order valence-corrected chi connectivity index (χ1v) is 9.28. The van der Waals surface area contributed by atoms with E-state index in [1.807, 2.05) is 77.7 Å². The average molecular weight is 371 g/mol. The average Bonchev–Trinajstić information content (AvgIpc) is 2.71. The van der Waals surface area contributed by atoms with Crippen molar-refractivity contribution in [1.82, 2.24) is 4.90 Å². The number of thiocarbonyl (C=S) groups is 1. The highest BCUT2D eigenvalue weighted by Crippen LogP contribution is 2.44. The number of rotatable bonds is 2. The summed E-state index contributed by atoms with van der Waals surface area (Å²) in [6.45, 7) is 0.520. The van der Waals surface area contributed by atoms with E-state index in [1.54, 1.807) is 0 Å². The van der Waals surface area contributed by atoms with Crippen molar-refractivity contribution in [2.45, 2.75) is 12.7 Å². The molecule has 5 rings (SSSR count). The second-order valence-electron chi connectivity index (χ2n) is 6.70. The minimum Gasteiger partial charge on any atom is -0.332 e. The van der Waals surface area contributed by atoms with Crippen molar-refractivity contribution in [3.63, 3.8) is 0 Å². The molecule has 27 heavy (non-hydrogen) atoms. The maximum atomic E-state index is 13.4. The van der Waals surface area contributed by atoms with Crippen LogP contribution in [0.4, 0.5) is 11.4 Å². The molecule has 0 fully saturated rings. The Morgan fingerprint density at radius 3 is 2.44 bits per heavy atom. The van der Waals surface area contributed by atoms with Crippen molar-refractivity contribution >= 4 is 34.6 Å². The van der Waals surface area contributed by atoms with Gasteiger partial charge in [-0.05, 0) is 36.0 Å². The van der Waals surface area contributed by atoms with E-state index in [9.17, 15) is 4.79 Å². The lowest BCUT2D eigenvalue weighted by Crippen LogP contribution is -2.54. The van der Waals surface area contributed by atoms with Gasteiger partial charge in [0.25, 0.3) is 5.91 Å². The first-order chi connectivity index (χ1) is 13.2. The SMILES string of the molecule is O=C1c2ccccc2N2C(=S)Nc3ccccc3C2N1Cc1ccccc1. The fraction of sp³-hybridized carbons (Fsp3) is 0.0909. The van der Waals surface area contributed by atoms with Gasteiger partial charge in [-0.3, -0.25) is 9.69 Å². The summed E-state index contributed by atoms with van der Waals surface area (Å²) < 4.78 is 0. The molecule has 132 valence electrons. The molecule has 0 spiro atoms. The van der Waals surface area contributed by atoms with Crippen LogP contribution in [0.25, 0.3) is 0 Å². The zero-order valence-corrected chi connectivity index (χ0v) is 15.3. The molecule has 0 radical (unpaired) electrons. The minimum atomic E-state index is -0.266. The maximum absolute atomic E-state index is 13.4. The molecular formula is C22H17N3OS. The van der Waals surface area contributed by atoms with Crippen LogP contribution in [-0.4, -0.2) is 15.9 Å². The van der Waals surface area contributed by atoms with Crippen LogP contribution in [0.5, 0.6) is 0 Å². The van der Waals surface area contributed by atoms with E-state index in [-0.39, 0.29) is 12.1 Å². The largest absolute Gasteiger partial charge is 0.332 e. The second kappa shape index (κ2) is 6.21. The summed E-state index contributed by atoms with van der Waals surface area (Å²) >= 11 is 5.69. The quantitative estimate of drug-likeness (QED) is 0.670. The van der Waals surface area contributed by atoms with Crippen LogP contribution in [0.1, 0.15) is 27.7 Å². The van der Waals surface area contributed by atoms with Crippen molar-refractivity contribution in [1.29, 1.82) is 0 Å². The second-order valence-corrected chi connectivity index (χ2v) is 7.08. The predicted molar refractivity (Wildman–Crippen MR) is 111 cm³/mol. The van der Waals surface area contributed by atoms with E-state index in [1.165, 1.54) is 0 Å². The molecule has 3 aromatic carbocycles. The first kappa shape index (κ1) is 16.0. The molecule has 0 saturated heterocycles. The number of fused-ring (bicyclic) bond motifs is 5. The normalized spacial score (nSPS) is 17.7. The smallest absolute Gasteiger partial charge is 0.258 e. The highest BCUT2D eigenvalue weighted by Gasteiger charge is 2.43. The van der Waals surface area contributed by atoms with Crippen LogP contribution < -0.4 is 10.2 Å². The van der Waals surface area contributed by atoms with Gasteiger partial charge in [-0.25, -0.2) is 0 Å². The highest BCUT2D eigenvalue weighted by molar-refractivity contribution is 7.80. The van der Waals surface area contributed by atoms with Gasteiger partial charge >= 0.3 is 0 Å². The molecule has 1 amide bonds. The van der Waals surface area contributed by atoms with Crippen molar-refractivity contribution < 1.29 is 4.79 Å². The predicted octanol–water partition coefficient (Wildman–Crippen LogP) is 4.56. The van der Waals surface area contributed by atoms with E-state index in [4.69, 9.17) is 12.2 Å². The highest BCUT2D eigenvalue weighted by atomic mass is 32.1. The van der Waals surface area contributed by atoms with Gasteiger partial charge in [0.15, 0.2) is 5.11 Å². The number of nitrogens with one attached hydrogen (secondary N) is 1. The van der Waals surface area contributed by atoms with Crippen LogP contribution in [-0.2, 0) is 6.54 Å². The van der Waals surface area contributed by atoms with Crippen LogP contribution >= 0.6 is 12.2 Å². The van der Waals surface area contributed by atoms with E-state index in [2.05, 4.69) is 16.3 Å². The van der Waals surface area contributed by atoms with Crippen molar-refractivity contribution in [2.75, 3.05) is 10.2 Å². The molecule has 5 heteroatoms. The number of carbonyl (C=O) groups excluding carboxylic acids is 1. The van der Waals surface area contributed by atoms with Crippen LogP contribution in [0, 0.1) is 0 Å². The number of benzene rings is 3. The molecule has 2 aliphatic rings. The summed E-state index contributed by atoms with van der Waals surface area (Å²) in [6.07, 6.45) is -0.266. The maximum Gasteiger partial charge on any atom is 0.258 e. The van der Waals surface area contributed by atoms with Gasteiger partial charge in [-0.2, -0.15) is 0 Å². The summed E-state index contributed by atoms with van der Waals surface area (Å²) in [7, 11) is 0. The molecule has 0 saturated carbocycles. The fourth-order valence-electron chi connectivity index (χ4n) is 3.88. The number of para-hydroxylation sites is 2. The zero-order valence-electron chi connectivity index (χ0n) is 14.5. The van der Waals surface area contributed by atoms with Gasteiger partial charge in [0.2, 0.25) is 0 Å². The summed E-state index contributed by atoms with van der Waals surface area (Å²) in [5.74, 6) is 0.0233. The summed E-state index contributed by atoms with van der Waals surface area (Å²) in [5, 5.41) is 3.93. The summed E-state index contributed by atoms with van der Waals surface area (Å²) in [6, 6.07) is 25.8. The van der Waals surface area contributed by atoms with Crippen molar-refractivity contribution in [3.05, 3.63) is 95.6 Å². The third-order valence-corrected chi connectivity index (χ3v) is 5.39. The van der Waals surface area contributed by atoms with Gasteiger partial charge in [-0.1, -0.05) is 60.7 Å². The number of nitrogens with zero attached hydrogens (tertiary/aromatic N) is 2. The Labute approximate surface area is 163 Å². The van der Waals surface area contributed by atoms with Crippen LogP contribution in [0.3, 0.4) is 0 Å². The molecular weight excluding hydrogens is 354 g/mol. The van der Waals surface area contributed by atoms with Gasteiger partial charge < -0.3 is 10.2 Å². The Balaban J connectivity index is 1.70. The molecule has 1 atom stereocenters. The van der Waals surface area contributed by atoms with E-state index < -0.39 is 0 Å². The monoisotopic (exact) mass is 371 g/mol. The lowest BCUT2D eigenvalue weighted by Gasteiger charge is -2.48. The number of anilines is 2.